The van der Waals surface area contributed by atoms with E-state index in [-0.39, 0.29) is 11.0 Å². The van der Waals surface area contributed by atoms with E-state index in [4.69, 9.17) is 0 Å². The van der Waals surface area contributed by atoms with Crippen molar-refractivity contribution in [2.45, 2.75) is 76.7 Å². The van der Waals surface area contributed by atoms with E-state index in [0.717, 1.165) is 43.9 Å². The van der Waals surface area contributed by atoms with E-state index < -0.39 is 0 Å². The standard InChI is InChI=1S/C20H28O2/c1-18-7-6-16-15-4-3-14(21)12-13(15)2-5-17(16)19(18)8-10-20(18,22)11-9-19/h12,16-17,21-22H,2-11H2,1H3/t16?,17?,18-,19?,20?/m0/s1. The number of allylic oxidation sites excluding steroid dienone is 4. The van der Waals surface area contributed by atoms with Crippen LogP contribution in [0, 0.1) is 22.7 Å². The fraction of sp³-hybridized carbons (Fsp3) is 0.800. The molecule has 3 saturated carbocycles. The third-order valence-corrected chi connectivity index (χ3v) is 8.82. The first-order valence-corrected chi connectivity index (χ1v) is 9.33. The highest BCUT2D eigenvalue weighted by Gasteiger charge is 2.73. The molecule has 5 aliphatic carbocycles. The summed E-state index contributed by atoms with van der Waals surface area (Å²) in [6.07, 6.45) is 13.5. The summed E-state index contributed by atoms with van der Waals surface area (Å²) in [6, 6.07) is 0. The van der Waals surface area contributed by atoms with Gasteiger partial charge < -0.3 is 10.2 Å². The Bertz CT molecular complexity index is 591. The zero-order valence-electron chi connectivity index (χ0n) is 13.7. The minimum absolute atomic E-state index is 0.172. The molecule has 2 heteroatoms. The van der Waals surface area contributed by atoms with Gasteiger partial charge in [-0.05, 0) is 86.7 Å². The molecular formula is C20H28O2. The van der Waals surface area contributed by atoms with Crippen molar-refractivity contribution in [2.75, 3.05) is 0 Å². The fourth-order valence-electron chi connectivity index (χ4n) is 7.62. The van der Waals surface area contributed by atoms with Crippen LogP contribution in [-0.4, -0.2) is 15.8 Å². The molecule has 0 radical (unpaired) electrons. The zero-order chi connectivity index (χ0) is 15.2. The molecule has 0 spiro atoms. The highest BCUT2D eigenvalue weighted by atomic mass is 16.3. The largest absolute Gasteiger partial charge is 0.512 e. The lowest BCUT2D eigenvalue weighted by Gasteiger charge is -2.57. The molecule has 2 bridgehead atoms. The molecule has 120 valence electrons. The summed E-state index contributed by atoms with van der Waals surface area (Å²) < 4.78 is 0. The fourth-order valence-corrected chi connectivity index (χ4v) is 7.62. The van der Waals surface area contributed by atoms with Gasteiger partial charge >= 0.3 is 0 Å². The van der Waals surface area contributed by atoms with Crippen LogP contribution in [0.4, 0.5) is 0 Å². The van der Waals surface area contributed by atoms with E-state index >= 15 is 0 Å². The Morgan fingerprint density at radius 1 is 1.00 bits per heavy atom. The van der Waals surface area contributed by atoms with Gasteiger partial charge in [-0.1, -0.05) is 12.5 Å². The van der Waals surface area contributed by atoms with Crippen LogP contribution in [0.1, 0.15) is 71.1 Å². The number of hydrogen-bond acceptors (Lipinski definition) is 2. The molecular weight excluding hydrogens is 272 g/mol. The lowest BCUT2D eigenvalue weighted by Crippen LogP contribution is -2.52. The Hall–Kier alpha value is -0.760. The van der Waals surface area contributed by atoms with Gasteiger partial charge in [-0.2, -0.15) is 0 Å². The zero-order valence-corrected chi connectivity index (χ0v) is 13.7. The number of fused-ring (bicyclic) bond motifs is 2. The Balaban J connectivity index is 1.59. The predicted molar refractivity (Wildman–Crippen MR) is 86.4 cm³/mol. The van der Waals surface area contributed by atoms with Crippen molar-refractivity contribution in [3.05, 3.63) is 23.0 Å². The lowest BCUT2D eigenvalue weighted by molar-refractivity contribution is -0.107. The molecule has 0 aromatic carbocycles. The average Bonchev–Trinajstić information content (AvgIpc) is 2.88. The van der Waals surface area contributed by atoms with Crippen molar-refractivity contribution in [2.24, 2.45) is 22.7 Å². The van der Waals surface area contributed by atoms with Gasteiger partial charge in [-0.15, -0.1) is 0 Å². The molecule has 3 fully saturated rings. The van der Waals surface area contributed by atoms with Gasteiger partial charge in [0.25, 0.3) is 0 Å². The Morgan fingerprint density at radius 3 is 2.55 bits per heavy atom. The molecule has 22 heavy (non-hydrogen) atoms. The highest BCUT2D eigenvalue weighted by Crippen LogP contribution is 2.77. The first kappa shape index (κ1) is 13.7. The number of aliphatic hydroxyl groups excluding tert-OH is 1. The topological polar surface area (TPSA) is 40.5 Å². The molecule has 3 atom stereocenters. The SMILES string of the molecule is C[C@]12CCC3C4=C(C=C(O)CC4)CCC3C13CCC2(O)CC3. The summed E-state index contributed by atoms with van der Waals surface area (Å²) >= 11 is 0. The van der Waals surface area contributed by atoms with Gasteiger partial charge in [-0.25, -0.2) is 0 Å². The number of aliphatic hydroxyl groups is 2. The Kier molecular flexibility index (Phi) is 2.49. The molecule has 5 aliphatic rings. The van der Waals surface area contributed by atoms with Crippen molar-refractivity contribution in [3.8, 4) is 0 Å². The second kappa shape index (κ2) is 4.01. The molecule has 2 unspecified atom stereocenters. The first-order chi connectivity index (χ1) is 10.5. The van der Waals surface area contributed by atoms with Crippen LogP contribution in [0.5, 0.6) is 0 Å². The van der Waals surface area contributed by atoms with Crippen LogP contribution in [0.15, 0.2) is 23.0 Å². The summed E-state index contributed by atoms with van der Waals surface area (Å²) in [5.41, 5.74) is 3.35. The van der Waals surface area contributed by atoms with Crippen molar-refractivity contribution >= 4 is 0 Å². The van der Waals surface area contributed by atoms with E-state index in [0.29, 0.717) is 11.2 Å². The van der Waals surface area contributed by atoms with E-state index in [2.05, 4.69) is 13.0 Å². The van der Waals surface area contributed by atoms with E-state index in [1.165, 1.54) is 37.7 Å². The maximum Gasteiger partial charge on any atom is 0.0928 e. The predicted octanol–water partition coefficient (Wildman–Crippen LogP) is 4.65. The summed E-state index contributed by atoms with van der Waals surface area (Å²) in [7, 11) is 0. The van der Waals surface area contributed by atoms with Gasteiger partial charge in [0, 0.05) is 11.8 Å². The molecule has 5 rings (SSSR count). The second-order valence-electron chi connectivity index (χ2n) is 9.00. The molecule has 2 N–H and O–H groups in total. The van der Waals surface area contributed by atoms with Crippen LogP contribution in [-0.2, 0) is 0 Å². The second-order valence-corrected chi connectivity index (χ2v) is 9.00. The Morgan fingerprint density at radius 2 is 1.77 bits per heavy atom. The smallest absolute Gasteiger partial charge is 0.0928 e. The van der Waals surface area contributed by atoms with Crippen LogP contribution >= 0.6 is 0 Å². The maximum atomic E-state index is 11.2. The third-order valence-electron chi connectivity index (χ3n) is 8.82. The quantitative estimate of drug-likeness (QED) is 0.683. The molecule has 2 nitrogen and oxygen atoms in total. The van der Waals surface area contributed by atoms with Crippen molar-refractivity contribution in [3.63, 3.8) is 0 Å². The molecule has 0 heterocycles. The molecule has 0 aliphatic heterocycles. The van der Waals surface area contributed by atoms with E-state index in [1.807, 2.05) is 0 Å². The van der Waals surface area contributed by atoms with Gasteiger partial charge in [0.2, 0.25) is 0 Å². The summed E-state index contributed by atoms with van der Waals surface area (Å²) in [5.74, 6) is 2.11. The number of hydrogen-bond donors (Lipinski definition) is 2. The number of rotatable bonds is 0. The molecule has 0 aromatic rings. The average molecular weight is 300 g/mol. The van der Waals surface area contributed by atoms with Gasteiger partial charge in [0.15, 0.2) is 0 Å². The van der Waals surface area contributed by atoms with E-state index in [9.17, 15) is 10.2 Å². The Labute approximate surface area is 133 Å². The molecule has 0 aromatic heterocycles. The first-order valence-electron chi connectivity index (χ1n) is 9.33. The lowest BCUT2D eigenvalue weighted by atomic mass is 9.47. The van der Waals surface area contributed by atoms with E-state index in [1.54, 1.807) is 5.57 Å². The van der Waals surface area contributed by atoms with Gasteiger partial charge in [0.05, 0.1) is 11.4 Å². The van der Waals surface area contributed by atoms with Crippen molar-refractivity contribution < 1.29 is 10.2 Å². The summed E-state index contributed by atoms with van der Waals surface area (Å²) in [4.78, 5) is 0. The van der Waals surface area contributed by atoms with Crippen LogP contribution in [0.25, 0.3) is 0 Å². The highest BCUT2D eigenvalue weighted by molar-refractivity contribution is 5.38. The van der Waals surface area contributed by atoms with Gasteiger partial charge in [-0.3, -0.25) is 0 Å². The monoisotopic (exact) mass is 300 g/mol. The molecule has 0 saturated heterocycles. The normalized spacial score (nSPS) is 52.9. The summed E-state index contributed by atoms with van der Waals surface area (Å²) in [5, 5.41) is 21.1. The van der Waals surface area contributed by atoms with Crippen LogP contribution in [0.2, 0.25) is 0 Å². The minimum Gasteiger partial charge on any atom is -0.512 e. The molecule has 0 amide bonds. The third kappa shape index (κ3) is 1.34. The minimum atomic E-state index is -0.364. The van der Waals surface area contributed by atoms with Crippen molar-refractivity contribution in [1.82, 2.24) is 0 Å². The van der Waals surface area contributed by atoms with Gasteiger partial charge in [0.1, 0.15) is 0 Å². The van der Waals surface area contributed by atoms with Crippen LogP contribution < -0.4 is 0 Å². The summed E-state index contributed by atoms with van der Waals surface area (Å²) in [6.45, 7) is 2.42. The van der Waals surface area contributed by atoms with Crippen molar-refractivity contribution in [1.29, 1.82) is 0 Å². The maximum absolute atomic E-state index is 11.2. The van der Waals surface area contributed by atoms with Crippen LogP contribution in [0.3, 0.4) is 0 Å².